The first-order chi connectivity index (χ1) is 12.7. The summed E-state index contributed by atoms with van der Waals surface area (Å²) in [5, 5.41) is 4.27. The van der Waals surface area contributed by atoms with Crippen LogP contribution in [-0.2, 0) is 4.74 Å². The lowest BCUT2D eigenvalue weighted by Gasteiger charge is -2.36. The van der Waals surface area contributed by atoms with E-state index in [2.05, 4.69) is 40.1 Å². The van der Waals surface area contributed by atoms with Crippen molar-refractivity contribution >= 4 is 33.4 Å². The molecule has 7 nitrogen and oxygen atoms in total. The fraction of sp³-hybridized carbons (Fsp3) is 0.611. The highest BCUT2D eigenvalue weighted by Gasteiger charge is 2.30. The molecular weight excluding hydrogens is 350 g/mol. The number of amides is 2. The van der Waals surface area contributed by atoms with E-state index in [0.717, 1.165) is 48.6 Å². The van der Waals surface area contributed by atoms with Crippen molar-refractivity contribution in [3.8, 4) is 0 Å². The molecule has 2 amide bonds. The molecule has 0 radical (unpaired) electrons. The number of rotatable bonds is 3. The van der Waals surface area contributed by atoms with Crippen LogP contribution in [0.1, 0.15) is 24.6 Å². The maximum atomic E-state index is 12.6. The van der Waals surface area contributed by atoms with Gasteiger partial charge in [-0.2, -0.15) is 0 Å². The van der Waals surface area contributed by atoms with Crippen LogP contribution in [-0.4, -0.2) is 65.8 Å². The second-order valence-electron chi connectivity index (χ2n) is 6.91. The van der Waals surface area contributed by atoms with E-state index in [-0.39, 0.29) is 18.2 Å². The summed E-state index contributed by atoms with van der Waals surface area (Å²) in [5.74, 6) is 0.981. The highest BCUT2D eigenvalue weighted by Crippen LogP contribution is 2.30. The lowest BCUT2D eigenvalue weighted by Crippen LogP contribution is -2.54. The molecule has 0 bridgehead atoms. The Morgan fingerprint density at radius 2 is 2.15 bits per heavy atom. The maximum Gasteiger partial charge on any atom is 0.317 e. The molecule has 2 aliphatic heterocycles. The minimum absolute atomic E-state index is 0.0258. The van der Waals surface area contributed by atoms with Crippen LogP contribution in [0, 0.1) is 6.92 Å². The Labute approximate surface area is 157 Å². The predicted octanol–water partition coefficient (Wildman–Crippen LogP) is 2.40. The van der Waals surface area contributed by atoms with Crippen LogP contribution in [0.5, 0.6) is 0 Å². The second kappa shape index (κ2) is 7.36. The van der Waals surface area contributed by atoms with Gasteiger partial charge in [-0.25, -0.2) is 14.8 Å². The van der Waals surface area contributed by atoms with E-state index in [9.17, 15) is 4.79 Å². The highest BCUT2D eigenvalue weighted by molar-refractivity contribution is 7.18. The van der Waals surface area contributed by atoms with Gasteiger partial charge in [0.25, 0.3) is 0 Å². The first-order valence-corrected chi connectivity index (χ1v) is 10.1. The molecule has 2 aromatic heterocycles. The van der Waals surface area contributed by atoms with Crippen molar-refractivity contribution in [2.24, 2.45) is 0 Å². The number of hydrogen-bond acceptors (Lipinski definition) is 6. The number of urea groups is 1. The summed E-state index contributed by atoms with van der Waals surface area (Å²) in [6, 6.07) is 2.32. The van der Waals surface area contributed by atoms with Gasteiger partial charge in [-0.3, -0.25) is 0 Å². The molecule has 0 unspecified atom stereocenters. The number of thiophene rings is 1. The van der Waals surface area contributed by atoms with Crippen LogP contribution in [0.2, 0.25) is 0 Å². The molecule has 8 heteroatoms. The SMILES string of the molecule is CC[C@@H]1OCC[C@H]1NC(=O)N1CCN(c2ncnc3sc(C)cc23)CC1. The van der Waals surface area contributed by atoms with Crippen molar-refractivity contribution in [3.05, 3.63) is 17.3 Å². The van der Waals surface area contributed by atoms with Gasteiger partial charge in [0.1, 0.15) is 17.0 Å². The molecule has 1 N–H and O–H groups in total. The van der Waals surface area contributed by atoms with Gasteiger partial charge in [0.15, 0.2) is 0 Å². The van der Waals surface area contributed by atoms with Gasteiger partial charge in [-0.15, -0.1) is 11.3 Å². The van der Waals surface area contributed by atoms with Crippen LogP contribution in [0.3, 0.4) is 0 Å². The number of aromatic nitrogens is 2. The van der Waals surface area contributed by atoms with Crippen LogP contribution in [0.4, 0.5) is 10.6 Å². The van der Waals surface area contributed by atoms with E-state index >= 15 is 0 Å². The first-order valence-electron chi connectivity index (χ1n) is 9.29. The molecule has 0 saturated carbocycles. The Hall–Kier alpha value is -1.93. The Morgan fingerprint density at radius 1 is 1.35 bits per heavy atom. The zero-order valence-corrected chi connectivity index (χ0v) is 16.1. The number of carbonyl (C=O) groups is 1. The van der Waals surface area contributed by atoms with Crippen molar-refractivity contribution in [1.29, 1.82) is 0 Å². The molecular formula is C18H25N5O2S. The average Bonchev–Trinajstić information content (AvgIpc) is 3.26. The van der Waals surface area contributed by atoms with Gasteiger partial charge in [0.05, 0.1) is 17.5 Å². The van der Waals surface area contributed by atoms with Crippen molar-refractivity contribution < 1.29 is 9.53 Å². The zero-order chi connectivity index (χ0) is 18.1. The van der Waals surface area contributed by atoms with Crippen molar-refractivity contribution in [2.75, 3.05) is 37.7 Å². The van der Waals surface area contributed by atoms with Crippen molar-refractivity contribution in [3.63, 3.8) is 0 Å². The molecule has 26 heavy (non-hydrogen) atoms. The quantitative estimate of drug-likeness (QED) is 0.892. The molecule has 4 rings (SSSR count). The minimum atomic E-state index is 0.0258. The van der Waals surface area contributed by atoms with E-state index in [1.807, 2.05) is 4.90 Å². The molecule has 0 aliphatic carbocycles. The minimum Gasteiger partial charge on any atom is -0.376 e. The van der Waals surface area contributed by atoms with E-state index in [0.29, 0.717) is 13.1 Å². The van der Waals surface area contributed by atoms with Crippen LogP contribution >= 0.6 is 11.3 Å². The number of hydrogen-bond donors (Lipinski definition) is 1. The monoisotopic (exact) mass is 375 g/mol. The first kappa shape index (κ1) is 17.5. The molecule has 2 fully saturated rings. The zero-order valence-electron chi connectivity index (χ0n) is 15.3. The number of carbonyl (C=O) groups excluding carboxylic acids is 1. The standard InChI is InChI=1S/C18H25N5O2S/c1-3-15-14(4-9-25-15)21-18(24)23-7-5-22(6-8-23)16-13-10-12(2)26-17(13)20-11-19-16/h10-11,14-15H,3-9H2,1-2H3,(H,21,24)/t14-,15+/m1/s1. The molecule has 140 valence electrons. The van der Waals surface area contributed by atoms with Gasteiger partial charge in [-0.1, -0.05) is 6.92 Å². The average molecular weight is 375 g/mol. The fourth-order valence-electron chi connectivity index (χ4n) is 3.80. The van der Waals surface area contributed by atoms with Crippen LogP contribution < -0.4 is 10.2 Å². The maximum absolute atomic E-state index is 12.6. The van der Waals surface area contributed by atoms with E-state index in [4.69, 9.17) is 4.74 Å². The number of anilines is 1. The number of aryl methyl sites for hydroxylation is 1. The fourth-order valence-corrected chi connectivity index (χ4v) is 4.64. The van der Waals surface area contributed by atoms with E-state index < -0.39 is 0 Å². The van der Waals surface area contributed by atoms with E-state index in [1.54, 1.807) is 17.7 Å². The molecule has 0 aromatic carbocycles. The summed E-state index contributed by atoms with van der Waals surface area (Å²) in [6.45, 7) is 7.90. The number of nitrogens with zero attached hydrogens (tertiary/aromatic N) is 4. The lowest BCUT2D eigenvalue weighted by atomic mass is 10.1. The van der Waals surface area contributed by atoms with Gasteiger partial charge in [-0.05, 0) is 25.8 Å². The molecule has 2 saturated heterocycles. The third-order valence-electron chi connectivity index (χ3n) is 5.22. The Kier molecular flexibility index (Phi) is 4.95. The second-order valence-corrected chi connectivity index (χ2v) is 8.14. The molecule has 2 aromatic rings. The number of ether oxygens (including phenoxy) is 1. The summed E-state index contributed by atoms with van der Waals surface area (Å²) < 4.78 is 5.67. The van der Waals surface area contributed by atoms with Crippen LogP contribution in [0.15, 0.2) is 12.4 Å². The van der Waals surface area contributed by atoms with Crippen molar-refractivity contribution in [1.82, 2.24) is 20.2 Å². The number of piperazine rings is 1. The lowest BCUT2D eigenvalue weighted by molar-refractivity contribution is 0.0946. The summed E-state index contributed by atoms with van der Waals surface area (Å²) in [4.78, 5) is 27.9. The molecule has 2 aliphatic rings. The predicted molar refractivity (Wildman–Crippen MR) is 103 cm³/mol. The largest absolute Gasteiger partial charge is 0.376 e. The Bertz CT molecular complexity index is 787. The third kappa shape index (κ3) is 3.35. The van der Waals surface area contributed by atoms with Crippen LogP contribution in [0.25, 0.3) is 10.2 Å². The molecule has 2 atom stereocenters. The van der Waals surface area contributed by atoms with E-state index in [1.165, 1.54) is 4.88 Å². The summed E-state index contributed by atoms with van der Waals surface area (Å²) in [6.07, 6.45) is 3.62. The van der Waals surface area contributed by atoms with Gasteiger partial charge >= 0.3 is 6.03 Å². The van der Waals surface area contributed by atoms with Crippen molar-refractivity contribution in [2.45, 2.75) is 38.8 Å². The number of fused-ring (bicyclic) bond motifs is 1. The Morgan fingerprint density at radius 3 is 2.92 bits per heavy atom. The van der Waals surface area contributed by atoms with Gasteiger partial charge < -0.3 is 19.9 Å². The summed E-state index contributed by atoms with van der Waals surface area (Å²) in [7, 11) is 0. The molecule has 0 spiro atoms. The smallest absolute Gasteiger partial charge is 0.317 e. The Balaban J connectivity index is 1.38. The summed E-state index contributed by atoms with van der Waals surface area (Å²) >= 11 is 1.69. The van der Waals surface area contributed by atoms with Gasteiger partial charge in [0.2, 0.25) is 0 Å². The summed E-state index contributed by atoms with van der Waals surface area (Å²) in [5.41, 5.74) is 0. The molecule has 4 heterocycles. The third-order valence-corrected chi connectivity index (χ3v) is 6.18. The normalized spacial score (nSPS) is 23.6. The van der Waals surface area contributed by atoms with Gasteiger partial charge in [0, 0.05) is 37.7 Å². The topological polar surface area (TPSA) is 70.6 Å². The number of nitrogens with one attached hydrogen (secondary N) is 1. The highest BCUT2D eigenvalue weighted by atomic mass is 32.1.